The van der Waals surface area contributed by atoms with E-state index in [9.17, 15) is 0 Å². The molecule has 0 saturated heterocycles. The van der Waals surface area contributed by atoms with Gasteiger partial charge < -0.3 is 10.0 Å². The van der Waals surface area contributed by atoms with Crippen molar-refractivity contribution in [2.75, 3.05) is 17.8 Å². The van der Waals surface area contributed by atoms with Crippen LogP contribution in [0.4, 0.5) is 5.69 Å². The van der Waals surface area contributed by atoms with E-state index in [2.05, 4.69) is 28.3 Å². The molecule has 2 aliphatic heterocycles. The summed E-state index contributed by atoms with van der Waals surface area (Å²) in [6, 6.07) is 8.18. The summed E-state index contributed by atoms with van der Waals surface area (Å²) < 4.78 is 3.29. The van der Waals surface area contributed by atoms with Gasteiger partial charge in [0.1, 0.15) is 6.07 Å². The van der Waals surface area contributed by atoms with Crippen molar-refractivity contribution in [1.82, 2.24) is 5.32 Å². The molecule has 0 bridgehead atoms. The number of nitrogens with zero attached hydrogens (tertiary/aromatic N) is 1. The van der Waals surface area contributed by atoms with Crippen LogP contribution in [0.5, 0.6) is 0 Å². The van der Waals surface area contributed by atoms with Crippen molar-refractivity contribution in [2.45, 2.75) is 11.7 Å². The number of hydrogen-bond donors (Lipinski definition) is 2. The summed E-state index contributed by atoms with van der Waals surface area (Å²) in [4.78, 5) is 0. The molecule has 2 aliphatic rings. The van der Waals surface area contributed by atoms with Crippen molar-refractivity contribution in [1.29, 1.82) is 5.26 Å². The van der Waals surface area contributed by atoms with Gasteiger partial charge in [0.15, 0.2) is 0 Å². The lowest BCUT2D eigenvalue weighted by atomic mass is 9.98. The molecule has 86 valence electrons. The quantitative estimate of drug-likeness (QED) is 0.588. The molecule has 2 N–H and O–H groups in total. The van der Waals surface area contributed by atoms with E-state index in [1.54, 1.807) is 11.9 Å². The van der Waals surface area contributed by atoms with Gasteiger partial charge in [0.25, 0.3) is 0 Å². The van der Waals surface area contributed by atoms with Crippen LogP contribution in [0, 0.1) is 11.3 Å². The smallest absolute Gasteiger partial charge is 0.101 e. The first-order chi connectivity index (χ1) is 8.40. The molecule has 0 aromatic heterocycles. The zero-order chi connectivity index (χ0) is 11.7. The number of anilines is 1. The Morgan fingerprint density at radius 3 is 3.12 bits per heavy atom. The molecular weight excluding hydrogens is 230 g/mol. The Kier molecular flexibility index (Phi) is 2.79. The van der Waals surface area contributed by atoms with Gasteiger partial charge in [-0.05, 0) is 42.1 Å². The van der Waals surface area contributed by atoms with Crippen LogP contribution < -0.4 is 10.0 Å². The molecule has 1 aromatic rings. The Bertz CT molecular complexity index is 516. The lowest BCUT2D eigenvalue weighted by molar-refractivity contribution is 0.689. The molecule has 0 saturated carbocycles. The fourth-order valence-corrected chi connectivity index (χ4v) is 3.43. The highest BCUT2D eigenvalue weighted by Crippen LogP contribution is 2.47. The van der Waals surface area contributed by atoms with E-state index < -0.39 is 0 Å². The number of para-hydroxylation sites is 1. The average Bonchev–Trinajstić information content (AvgIpc) is 2.83. The summed E-state index contributed by atoms with van der Waals surface area (Å²) in [5.41, 5.74) is 4.39. The lowest BCUT2D eigenvalue weighted by Gasteiger charge is -2.19. The molecule has 1 atom stereocenters. The molecule has 2 heterocycles. The predicted molar refractivity (Wildman–Crippen MR) is 70.7 cm³/mol. The lowest BCUT2D eigenvalue weighted by Crippen LogP contribution is -2.24. The van der Waals surface area contributed by atoms with Gasteiger partial charge in [0.05, 0.1) is 16.5 Å². The van der Waals surface area contributed by atoms with Gasteiger partial charge in [0, 0.05) is 6.54 Å². The monoisotopic (exact) mass is 243 g/mol. The fraction of sp³-hybridized carbons (Fsp3) is 0.308. The van der Waals surface area contributed by atoms with E-state index in [1.807, 2.05) is 12.1 Å². The third kappa shape index (κ3) is 1.82. The third-order valence-corrected chi connectivity index (χ3v) is 4.29. The van der Waals surface area contributed by atoms with Crippen LogP contribution in [0.25, 0.3) is 0 Å². The molecule has 1 aromatic carbocycles. The first-order valence-corrected chi connectivity index (χ1v) is 6.62. The maximum Gasteiger partial charge on any atom is 0.101 e. The molecule has 0 spiro atoms. The Balaban J connectivity index is 1.99. The van der Waals surface area contributed by atoms with Crippen LogP contribution >= 0.6 is 11.9 Å². The van der Waals surface area contributed by atoms with E-state index in [4.69, 9.17) is 5.26 Å². The average molecular weight is 243 g/mol. The van der Waals surface area contributed by atoms with Crippen molar-refractivity contribution in [3.05, 3.63) is 41.0 Å². The first kappa shape index (κ1) is 10.7. The third-order valence-electron chi connectivity index (χ3n) is 3.17. The topological polar surface area (TPSA) is 47.9 Å². The van der Waals surface area contributed by atoms with E-state index in [0.717, 1.165) is 30.8 Å². The second kappa shape index (κ2) is 4.44. The second-order valence-corrected chi connectivity index (χ2v) is 5.14. The Morgan fingerprint density at radius 1 is 1.41 bits per heavy atom. The largest absolute Gasteiger partial charge is 0.328 e. The van der Waals surface area contributed by atoms with Gasteiger partial charge in [0.2, 0.25) is 0 Å². The summed E-state index contributed by atoms with van der Waals surface area (Å²) in [7, 11) is 0. The molecule has 0 radical (unpaired) electrons. The highest BCUT2D eigenvalue weighted by Gasteiger charge is 2.28. The van der Waals surface area contributed by atoms with E-state index in [1.165, 1.54) is 11.1 Å². The summed E-state index contributed by atoms with van der Waals surface area (Å²) in [5.74, 6) is 0. The zero-order valence-corrected chi connectivity index (χ0v) is 10.2. The van der Waals surface area contributed by atoms with Crippen LogP contribution in [-0.4, -0.2) is 13.1 Å². The molecule has 1 unspecified atom stereocenters. The van der Waals surface area contributed by atoms with Crippen molar-refractivity contribution in [3.63, 3.8) is 0 Å². The predicted octanol–water partition coefficient (Wildman–Crippen LogP) is 2.59. The number of nitrogens with one attached hydrogen (secondary N) is 2. The van der Waals surface area contributed by atoms with E-state index in [-0.39, 0.29) is 0 Å². The van der Waals surface area contributed by atoms with Crippen LogP contribution in [-0.2, 0) is 0 Å². The van der Waals surface area contributed by atoms with Gasteiger partial charge >= 0.3 is 0 Å². The summed E-state index contributed by atoms with van der Waals surface area (Å²) in [6.07, 6.45) is 3.42. The number of nitriles is 1. The normalized spacial score (nSPS) is 22.3. The van der Waals surface area contributed by atoms with Crippen LogP contribution in [0.15, 0.2) is 29.8 Å². The Morgan fingerprint density at radius 2 is 2.35 bits per heavy atom. The maximum atomic E-state index is 9.07. The second-order valence-electron chi connectivity index (χ2n) is 4.23. The van der Waals surface area contributed by atoms with Gasteiger partial charge in [-0.1, -0.05) is 18.2 Å². The van der Waals surface area contributed by atoms with Gasteiger partial charge in [-0.15, -0.1) is 0 Å². The Labute approximate surface area is 105 Å². The van der Waals surface area contributed by atoms with E-state index >= 15 is 0 Å². The zero-order valence-electron chi connectivity index (χ0n) is 9.36. The molecule has 3 nitrogen and oxygen atoms in total. The summed E-state index contributed by atoms with van der Waals surface area (Å²) in [5, 5.41) is 12.8. The molecule has 0 aliphatic carbocycles. The minimum atomic E-state index is 0.353. The standard InChI is InChI=1S/C13H13N3S/c14-7-9-3-1-5-11-12(9)16-17-13(11)10-4-2-6-15-8-10/h1,3-5,13,15-16H,2,6,8H2. The SMILES string of the molecule is N#Cc1cccc2c1NSC2C1=CCCNC1. The van der Waals surface area contributed by atoms with Crippen molar-refractivity contribution in [3.8, 4) is 6.07 Å². The van der Waals surface area contributed by atoms with Gasteiger partial charge in [-0.25, -0.2) is 0 Å². The number of benzene rings is 1. The van der Waals surface area contributed by atoms with Gasteiger partial charge in [-0.3, -0.25) is 0 Å². The van der Waals surface area contributed by atoms with Crippen molar-refractivity contribution >= 4 is 17.6 Å². The number of rotatable bonds is 1. The maximum absolute atomic E-state index is 9.07. The molecule has 0 fully saturated rings. The summed E-state index contributed by atoms with van der Waals surface area (Å²) >= 11 is 1.70. The number of fused-ring (bicyclic) bond motifs is 1. The Hall–Kier alpha value is -1.44. The van der Waals surface area contributed by atoms with Gasteiger partial charge in [-0.2, -0.15) is 5.26 Å². The van der Waals surface area contributed by atoms with Crippen LogP contribution in [0.3, 0.4) is 0 Å². The minimum absolute atomic E-state index is 0.353. The van der Waals surface area contributed by atoms with Crippen LogP contribution in [0.1, 0.15) is 22.8 Å². The van der Waals surface area contributed by atoms with Crippen LogP contribution in [0.2, 0.25) is 0 Å². The minimum Gasteiger partial charge on any atom is -0.328 e. The van der Waals surface area contributed by atoms with Crippen molar-refractivity contribution < 1.29 is 0 Å². The molecule has 3 rings (SSSR count). The molecule has 0 amide bonds. The molecule has 4 heteroatoms. The molecular formula is C13H13N3S. The highest BCUT2D eigenvalue weighted by molar-refractivity contribution is 8.01. The highest BCUT2D eigenvalue weighted by atomic mass is 32.2. The summed E-state index contributed by atoms with van der Waals surface area (Å²) in [6.45, 7) is 2.02. The number of hydrogen-bond acceptors (Lipinski definition) is 4. The first-order valence-electron chi connectivity index (χ1n) is 5.74. The molecule has 17 heavy (non-hydrogen) atoms. The fourth-order valence-electron chi connectivity index (χ4n) is 2.32. The van der Waals surface area contributed by atoms with E-state index in [0.29, 0.717) is 5.25 Å². The van der Waals surface area contributed by atoms with Crippen molar-refractivity contribution in [2.24, 2.45) is 0 Å².